The molecule has 11 nitrogen and oxygen atoms in total. The van der Waals surface area contributed by atoms with Gasteiger partial charge >= 0.3 is 0 Å². The third-order valence-corrected chi connectivity index (χ3v) is 7.26. The van der Waals surface area contributed by atoms with Gasteiger partial charge in [-0.25, -0.2) is 4.98 Å². The van der Waals surface area contributed by atoms with Crippen LogP contribution in [0.3, 0.4) is 0 Å². The molecule has 40 heavy (non-hydrogen) atoms. The first-order valence-electron chi connectivity index (χ1n) is 13.7. The molecule has 2 saturated heterocycles. The Morgan fingerprint density at radius 2 is 1.82 bits per heavy atom. The maximum atomic E-state index is 12.5. The molecule has 4 heterocycles. The molecular weight excluding hydrogens is 510 g/mol. The van der Waals surface area contributed by atoms with E-state index in [0.29, 0.717) is 67.0 Å². The monoisotopic (exact) mass is 547 g/mol. The maximum Gasteiger partial charge on any atom is 0.251 e. The SMILES string of the molecule is COc1cc2nc(N3CCN(C(=O)C4CCCO4)CC3)nc(N)c2cc1OC.c1ccc(CC2=NCCN2)cc1. The number of carbonyl (C=O) groups is 1. The molecule has 3 aromatic rings. The van der Waals surface area contributed by atoms with Crippen LogP contribution >= 0.6 is 0 Å². The Morgan fingerprint density at radius 1 is 1.07 bits per heavy atom. The Kier molecular flexibility index (Phi) is 8.80. The number of amides is 1. The fourth-order valence-electron chi connectivity index (χ4n) is 5.07. The Morgan fingerprint density at radius 3 is 2.48 bits per heavy atom. The molecule has 3 N–H and O–H groups in total. The number of carbonyl (C=O) groups excluding carboxylic acids is 1. The van der Waals surface area contributed by atoms with Crippen molar-refractivity contribution in [2.75, 3.05) is 70.7 Å². The van der Waals surface area contributed by atoms with Crippen LogP contribution < -0.4 is 25.4 Å². The molecule has 212 valence electrons. The van der Waals surface area contributed by atoms with E-state index in [-0.39, 0.29) is 12.0 Å². The number of ether oxygens (including phenoxy) is 3. The summed E-state index contributed by atoms with van der Waals surface area (Å²) in [6.07, 6.45) is 2.44. The first kappa shape index (κ1) is 27.4. The summed E-state index contributed by atoms with van der Waals surface area (Å²) in [4.78, 5) is 29.9. The van der Waals surface area contributed by atoms with Crippen LogP contribution in [-0.2, 0) is 16.0 Å². The van der Waals surface area contributed by atoms with Crippen LogP contribution in [0.4, 0.5) is 11.8 Å². The van der Waals surface area contributed by atoms with Gasteiger partial charge in [-0.2, -0.15) is 4.98 Å². The van der Waals surface area contributed by atoms with Crippen molar-refractivity contribution in [1.29, 1.82) is 0 Å². The summed E-state index contributed by atoms with van der Waals surface area (Å²) in [7, 11) is 3.16. The third-order valence-electron chi connectivity index (χ3n) is 7.26. The molecule has 6 rings (SSSR count). The Bertz CT molecular complexity index is 1340. The molecule has 0 radical (unpaired) electrons. The fourth-order valence-corrected chi connectivity index (χ4v) is 5.07. The van der Waals surface area contributed by atoms with E-state index in [2.05, 4.69) is 44.5 Å². The van der Waals surface area contributed by atoms with E-state index in [1.807, 2.05) is 15.9 Å². The number of methoxy groups -OCH3 is 2. The summed E-state index contributed by atoms with van der Waals surface area (Å²) in [6, 6.07) is 14.0. The second-order valence-corrected chi connectivity index (χ2v) is 9.86. The van der Waals surface area contributed by atoms with Crippen molar-refractivity contribution in [3.8, 4) is 11.5 Å². The van der Waals surface area contributed by atoms with E-state index < -0.39 is 0 Å². The molecule has 0 spiro atoms. The number of rotatable bonds is 6. The highest BCUT2D eigenvalue weighted by Gasteiger charge is 2.31. The molecule has 1 aromatic heterocycles. The lowest BCUT2D eigenvalue weighted by Gasteiger charge is -2.35. The van der Waals surface area contributed by atoms with Crippen LogP contribution in [0.1, 0.15) is 18.4 Å². The molecule has 0 aliphatic carbocycles. The van der Waals surface area contributed by atoms with Crippen LogP contribution in [-0.4, -0.2) is 92.8 Å². The summed E-state index contributed by atoms with van der Waals surface area (Å²) < 4.78 is 16.2. The quantitative estimate of drug-likeness (QED) is 0.478. The van der Waals surface area contributed by atoms with Gasteiger partial charge in [-0.05, 0) is 24.5 Å². The highest BCUT2D eigenvalue weighted by atomic mass is 16.5. The van der Waals surface area contributed by atoms with Crippen molar-refractivity contribution in [3.05, 3.63) is 48.0 Å². The van der Waals surface area contributed by atoms with Crippen molar-refractivity contribution in [3.63, 3.8) is 0 Å². The molecule has 0 saturated carbocycles. The number of hydrogen-bond acceptors (Lipinski definition) is 10. The number of aliphatic imine (C=N–C) groups is 1. The molecule has 1 unspecified atom stereocenters. The molecule has 2 aromatic carbocycles. The molecule has 0 bridgehead atoms. The number of benzene rings is 2. The van der Waals surface area contributed by atoms with Gasteiger partial charge < -0.3 is 35.1 Å². The van der Waals surface area contributed by atoms with Crippen molar-refractivity contribution in [1.82, 2.24) is 20.2 Å². The van der Waals surface area contributed by atoms with E-state index in [0.717, 1.165) is 38.2 Å². The number of nitrogens with one attached hydrogen (secondary N) is 1. The van der Waals surface area contributed by atoms with Gasteiger partial charge in [0.2, 0.25) is 5.95 Å². The van der Waals surface area contributed by atoms with Crippen molar-refractivity contribution < 1.29 is 19.0 Å². The van der Waals surface area contributed by atoms with E-state index >= 15 is 0 Å². The van der Waals surface area contributed by atoms with Crippen LogP contribution in [0, 0.1) is 0 Å². The average Bonchev–Trinajstić information content (AvgIpc) is 3.72. The Balaban J connectivity index is 0.000000223. The van der Waals surface area contributed by atoms with Crippen LogP contribution in [0.25, 0.3) is 10.9 Å². The summed E-state index contributed by atoms with van der Waals surface area (Å²) in [5.41, 5.74) is 8.20. The number of anilines is 2. The van der Waals surface area contributed by atoms with Gasteiger partial charge in [-0.3, -0.25) is 9.79 Å². The molecule has 3 aliphatic rings. The summed E-state index contributed by atoms with van der Waals surface area (Å²) in [5, 5.41) is 3.97. The van der Waals surface area contributed by atoms with E-state index in [1.165, 1.54) is 5.56 Å². The van der Waals surface area contributed by atoms with Crippen LogP contribution in [0.5, 0.6) is 11.5 Å². The number of amidine groups is 1. The average molecular weight is 548 g/mol. The van der Waals surface area contributed by atoms with E-state index in [9.17, 15) is 4.79 Å². The first-order chi connectivity index (χ1) is 19.6. The summed E-state index contributed by atoms with van der Waals surface area (Å²) in [5.74, 6) is 3.33. The first-order valence-corrected chi connectivity index (χ1v) is 13.7. The molecule has 1 atom stereocenters. The summed E-state index contributed by atoms with van der Waals surface area (Å²) >= 11 is 0. The molecule has 11 heteroatoms. The topological polar surface area (TPSA) is 127 Å². The third kappa shape index (κ3) is 6.36. The standard InChI is InChI=1S/C19H25N5O4.C10H12N2/c1-26-15-10-12-13(11-16(15)27-2)21-19(22-17(12)20)24-7-5-23(6-8-24)18(25)14-4-3-9-28-14;1-2-4-9(5-3-1)8-10-11-6-7-12-10/h10-11,14H,3-9H2,1-2H3,(H2,20,21,22);1-5H,6-8H2,(H,11,12). The lowest BCUT2D eigenvalue weighted by molar-refractivity contribution is -0.141. The minimum atomic E-state index is -0.276. The van der Waals surface area contributed by atoms with Crippen molar-refractivity contribution in [2.45, 2.75) is 25.4 Å². The smallest absolute Gasteiger partial charge is 0.251 e. The number of aromatic nitrogens is 2. The minimum Gasteiger partial charge on any atom is -0.493 e. The second kappa shape index (κ2) is 12.8. The fraction of sp³-hybridized carbons (Fsp3) is 0.448. The minimum absolute atomic E-state index is 0.0907. The second-order valence-electron chi connectivity index (χ2n) is 9.86. The van der Waals surface area contributed by atoms with Gasteiger partial charge in [-0.1, -0.05) is 30.3 Å². The highest BCUT2D eigenvalue weighted by molar-refractivity contribution is 5.92. The number of nitrogens with two attached hydrogens (primary N) is 1. The predicted molar refractivity (Wildman–Crippen MR) is 155 cm³/mol. The number of hydrogen-bond donors (Lipinski definition) is 2. The van der Waals surface area contributed by atoms with Crippen LogP contribution in [0.2, 0.25) is 0 Å². The highest BCUT2D eigenvalue weighted by Crippen LogP contribution is 2.34. The van der Waals surface area contributed by atoms with Crippen molar-refractivity contribution >= 4 is 34.4 Å². The number of nitrogens with zero attached hydrogens (tertiary/aromatic N) is 5. The number of nitrogen functional groups attached to an aromatic ring is 1. The van der Waals surface area contributed by atoms with Crippen LogP contribution in [0.15, 0.2) is 47.5 Å². The molecule has 3 aliphatic heterocycles. The van der Waals surface area contributed by atoms with Gasteiger partial charge in [0.15, 0.2) is 11.5 Å². The lowest BCUT2D eigenvalue weighted by Crippen LogP contribution is -2.51. The van der Waals surface area contributed by atoms with Gasteiger partial charge in [0.25, 0.3) is 5.91 Å². The number of piperazine rings is 1. The van der Waals surface area contributed by atoms with Gasteiger partial charge in [0.1, 0.15) is 17.8 Å². The van der Waals surface area contributed by atoms with E-state index in [4.69, 9.17) is 19.9 Å². The van der Waals surface area contributed by atoms with Gasteiger partial charge in [0.05, 0.1) is 26.3 Å². The Hall–Kier alpha value is -4.12. The zero-order valence-corrected chi connectivity index (χ0v) is 23.1. The normalized spacial score (nSPS) is 18.6. The molecule has 1 amide bonds. The largest absolute Gasteiger partial charge is 0.493 e. The molecular formula is C29H37N7O4. The number of fused-ring (bicyclic) bond motifs is 1. The van der Waals surface area contributed by atoms with Gasteiger partial charge in [0, 0.05) is 57.2 Å². The zero-order valence-electron chi connectivity index (χ0n) is 23.1. The van der Waals surface area contributed by atoms with Crippen molar-refractivity contribution in [2.24, 2.45) is 4.99 Å². The van der Waals surface area contributed by atoms with E-state index in [1.54, 1.807) is 26.4 Å². The zero-order chi connectivity index (χ0) is 27.9. The summed E-state index contributed by atoms with van der Waals surface area (Å²) in [6.45, 7) is 5.14. The molecule has 2 fully saturated rings. The predicted octanol–water partition coefficient (Wildman–Crippen LogP) is 2.29. The Labute approximate surface area is 234 Å². The van der Waals surface area contributed by atoms with Gasteiger partial charge in [-0.15, -0.1) is 0 Å². The lowest BCUT2D eigenvalue weighted by atomic mass is 10.1. The maximum absolute atomic E-state index is 12.5.